The topological polar surface area (TPSA) is 49.9 Å². The van der Waals surface area contributed by atoms with Gasteiger partial charge in [-0.3, -0.25) is 4.79 Å². The van der Waals surface area contributed by atoms with Gasteiger partial charge < -0.3 is 4.74 Å². The van der Waals surface area contributed by atoms with Crippen LogP contribution in [0, 0.1) is 5.82 Å². The first-order chi connectivity index (χ1) is 9.63. The number of hydrazine groups is 1. The van der Waals surface area contributed by atoms with Crippen LogP contribution < -0.4 is 0 Å². The lowest BCUT2D eigenvalue weighted by molar-refractivity contribution is -0.137. The number of hydrogen-bond acceptors (Lipinski definition) is 4. The minimum atomic E-state index is -0.616. The molecule has 0 aliphatic carbocycles. The molecular formula is C14H13FN2O3. The Labute approximate surface area is 115 Å². The van der Waals surface area contributed by atoms with Crippen LogP contribution in [0.25, 0.3) is 0 Å². The lowest BCUT2D eigenvalue weighted by Gasteiger charge is -2.26. The summed E-state index contributed by atoms with van der Waals surface area (Å²) >= 11 is 0. The first kappa shape index (κ1) is 12.8. The molecule has 0 bridgehead atoms. The number of benzene rings is 1. The maximum atomic E-state index is 14.0. The summed E-state index contributed by atoms with van der Waals surface area (Å²) in [6.45, 7) is 0.453. The molecule has 0 saturated carbocycles. The van der Waals surface area contributed by atoms with E-state index in [1.54, 1.807) is 23.2 Å². The predicted molar refractivity (Wildman–Crippen MR) is 67.4 cm³/mol. The number of carbonyl (C=O) groups is 2. The molecule has 6 heteroatoms. The largest absolute Gasteiger partial charge is 0.466 e. The first-order valence-corrected chi connectivity index (χ1v) is 6.26. The molecule has 20 heavy (non-hydrogen) atoms. The van der Waals surface area contributed by atoms with Crippen LogP contribution in [0.3, 0.4) is 0 Å². The maximum Gasteiger partial charge on any atom is 0.337 e. The molecule has 2 aliphatic rings. The molecule has 0 N–H and O–H groups in total. The van der Waals surface area contributed by atoms with E-state index < -0.39 is 17.8 Å². The molecule has 0 spiro atoms. The van der Waals surface area contributed by atoms with Crippen LogP contribution in [0.15, 0.2) is 36.0 Å². The second kappa shape index (κ2) is 4.72. The van der Waals surface area contributed by atoms with Crippen LogP contribution in [-0.2, 0) is 14.3 Å². The summed E-state index contributed by atoms with van der Waals surface area (Å²) in [5.41, 5.74) is 0.631. The number of hydrogen-bond donors (Lipinski definition) is 0. The molecule has 0 radical (unpaired) electrons. The molecule has 1 aromatic rings. The Balaban J connectivity index is 2.07. The average Bonchev–Trinajstić information content (AvgIpc) is 2.99. The van der Waals surface area contributed by atoms with Gasteiger partial charge in [0.2, 0.25) is 5.91 Å². The highest BCUT2D eigenvalue weighted by atomic mass is 19.1. The summed E-state index contributed by atoms with van der Waals surface area (Å²) in [4.78, 5) is 23.6. The highest BCUT2D eigenvalue weighted by Gasteiger charge is 2.44. The Morgan fingerprint density at radius 1 is 1.40 bits per heavy atom. The van der Waals surface area contributed by atoms with Crippen LogP contribution in [0.4, 0.5) is 4.39 Å². The smallest absolute Gasteiger partial charge is 0.337 e. The molecule has 1 saturated heterocycles. The monoisotopic (exact) mass is 276 g/mol. The second-order valence-electron chi connectivity index (χ2n) is 4.65. The molecule has 1 fully saturated rings. The lowest BCUT2D eigenvalue weighted by Crippen LogP contribution is -2.33. The van der Waals surface area contributed by atoms with Crippen molar-refractivity contribution in [3.63, 3.8) is 0 Å². The fourth-order valence-corrected chi connectivity index (χ4v) is 2.65. The van der Waals surface area contributed by atoms with Gasteiger partial charge in [-0.25, -0.2) is 19.2 Å². The molecule has 2 aliphatic heterocycles. The van der Waals surface area contributed by atoms with Gasteiger partial charge >= 0.3 is 5.97 Å². The van der Waals surface area contributed by atoms with Gasteiger partial charge in [-0.1, -0.05) is 18.2 Å². The zero-order chi connectivity index (χ0) is 14.3. The van der Waals surface area contributed by atoms with Crippen molar-refractivity contribution in [3.05, 3.63) is 47.4 Å². The fraction of sp³-hybridized carbons (Fsp3) is 0.286. The van der Waals surface area contributed by atoms with E-state index in [1.807, 2.05) is 0 Å². The minimum absolute atomic E-state index is 0.106. The third kappa shape index (κ3) is 1.80. The van der Waals surface area contributed by atoms with Crippen LogP contribution >= 0.6 is 0 Å². The van der Waals surface area contributed by atoms with Gasteiger partial charge in [0.15, 0.2) is 0 Å². The zero-order valence-electron chi connectivity index (χ0n) is 10.9. The molecule has 5 nitrogen and oxygen atoms in total. The molecule has 3 rings (SSSR count). The molecular weight excluding hydrogens is 263 g/mol. The van der Waals surface area contributed by atoms with E-state index >= 15 is 0 Å². The first-order valence-electron chi connectivity index (χ1n) is 6.26. The SMILES string of the molecule is COC(=O)C1=CN2C(=O)CCN2[C@@H]1c1ccccc1F. The quantitative estimate of drug-likeness (QED) is 0.766. The van der Waals surface area contributed by atoms with Gasteiger partial charge in [-0.15, -0.1) is 0 Å². The number of esters is 1. The van der Waals surface area contributed by atoms with Crippen LogP contribution in [-0.4, -0.2) is 35.5 Å². The summed E-state index contributed by atoms with van der Waals surface area (Å²) in [6, 6.07) is 5.62. The number of fused-ring (bicyclic) bond motifs is 1. The number of rotatable bonds is 2. The molecule has 0 aromatic heterocycles. The number of methoxy groups -OCH3 is 1. The van der Waals surface area contributed by atoms with Crippen molar-refractivity contribution >= 4 is 11.9 Å². The second-order valence-corrected chi connectivity index (χ2v) is 4.65. The fourth-order valence-electron chi connectivity index (χ4n) is 2.65. The number of ether oxygens (including phenoxy) is 1. The van der Waals surface area contributed by atoms with Crippen molar-refractivity contribution in [3.8, 4) is 0 Å². The van der Waals surface area contributed by atoms with Gasteiger partial charge in [0.05, 0.1) is 18.7 Å². The molecule has 1 amide bonds. The van der Waals surface area contributed by atoms with Crippen LogP contribution in [0.1, 0.15) is 18.0 Å². The zero-order valence-corrected chi connectivity index (χ0v) is 10.9. The number of nitrogens with zero attached hydrogens (tertiary/aromatic N) is 2. The van der Waals surface area contributed by atoms with Gasteiger partial charge in [0, 0.05) is 24.7 Å². The van der Waals surface area contributed by atoms with E-state index in [9.17, 15) is 14.0 Å². The normalized spacial score (nSPS) is 21.9. The Morgan fingerprint density at radius 3 is 2.85 bits per heavy atom. The molecule has 2 heterocycles. The summed E-state index contributed by atoms with van der Waals surface area (Å²) in [6.07, 6.45) is 1.80. The average molecular weight is 276 g/mol. The van der Waals surface area contributed by atoms with Crippen molar-refractivity contribution in [1.82, 2.24) is 10.0 Å². The Bertz CT molecular complexity index is 614. The molecule has 104 valence electrons. The van der Waals surface area contributed by atoms with E-state index in [0.717, 1.165) is 0 Å². The Morgan fingerprint density at radius 2 is 2.15 bits per heavy atom. The molecule has 1 aromatic carbocycles. The van der Waals surface area contributed by atoms with Gasteiger partial charge in [0.1, 0.15) is 5.82 Å². The van der Waals surface area contributed by atoms with Crippen molar-refractivity contribution in [1.29, 1.82) is 0 Å². The highest BCUT2D eigenvalue weighted by Crippen LogP contribution is 2.40. The highest BCUT2D eigenvalue weighted by molar-refractivity contribution is 5.92. The van der Waals surface area contributed by atoms with Crippen molar-refractivity contribution in [2.45, 2.75) is 12.5 Å². The van der Waals surface area contributed by atoms with Crippen molar-refractivity contribution < 1.29 is 18.7 Å². The number of halogens is 1. The van der Waals surface area contributed by atoms with Crippen molar-refractivity contribution in [2.75, 3.05) is 13.7 Å². The summed E-state index contributed by atoms with van der Waals surface area (Å²) < 4.78 is 18.8. The van der Waals surface area contributed by atoms with E-state index in [0.29, 0.717) is 18.5 Å². The third-order valence-electron chi connectivity index (χ3n) is 3.56. The summed E-state index contributed by atoms with van der Waals surface area (Å²) in [7, 11) is 1.27. The predicted octanol–water partition coefficient (Wildman–Crippen LogP) is 1.39. The Kier molecular flexibility index (Phi) is 3.02. The number of carbonyl (C=O) groups excluding carboxylic acids is 2. The van der Waals surface area contributed by atoms with Crippen molar-refractivity contribution in [2.24, 2.45) is 0 Å². The standard InChI is InChI=1S/C14H13FN2O3/c1-20-14(19)10-8-17-12(18)6-7-16(17)13(10)9-4-2-3-5-11(9)15/h2-5,8,13H,6-7H2,1H3/t13-/m1/s1. The van der Waals surface area contributed by atoms with Crippen LogP contribution in [0.2, 0.25) is 0 Å². The maximum absolute atomic E-state index is 14.0. The summed E-state index contributed by atoms with van der Waals surface area (Å²) in [5, 5.41) is 3.07. The van der Waals surface area contributed by atoms with Crippen LogP contribution in [0.5, 0.6) is 0 Å². The number of amides is 1. The van der Waals surface area contributed by atoms with Gasteiger partial charge in [0.25, 0.3) is 0 Å². The summed E-state index contributed by atoms with van der Waals surface area (Å²) in [5.74, 6) is -1.07. The minimum Gasteiger partial charge on any atom is -0.466 e. The van der Waals surface area contributed by atoms with E-state index in [-0.39, 0.29) is 11.5 Å². The third-order valence-corrected chi connectivity index (χ3v) is 3.56. The molecule has 1 atom stereocenters. The van der Waals surface area contributed by atoms with E-state index in [1.165, 1.54) is 24.4 Å². The lowest BCUT2D eigenvalue weighted by atomic mass is 9.99. The Hall–Kier alpha value is -2.21. The van der Waals surface area contributed by atoms with Gasteiger partial charge in [-0.2, -0.15) is 0 Å². The van der Waals surface area contributed by atoms with E-state index in [4.69, 9.17) is 4.74 Å². The van der Waals surface area contributed by atoms with Gasteiger partial charge in [-0.05, 0) is 6.07 Å². The molecule has 0 unspecified atom stereocenters. The van der Waals surface area contributed by atoms with E-state index in [2.05, 4.69) is 0 Å².